The normalized spacial score (nSPS) is 21.2. The average molecular weight is 476 g/mol. The molecule has 1 N–H and O–H groups in total. The number of Topliss-reactive ketones (excluding diaryl/α,β-unsaturated/α-hetero) is 1. The van der Waals surface area contributed by atoms with Crippen molar-refractivity contribution in [3.8, 4) is 0 Å². The molecular weight excluding hydrogens is 451 g/mol. The van der Waals surface area contributed by atoms with E-state index in [-0.39, 0.29) is 29.8 Å². The number of halogens is 3. The Morgan fingerprint density at radius 2 is 1.85 bits per heavy atom. The molecule has 1 aromatic carbocycles. The number of esters is 1. The summed E-state index contributed by atoms with van der Waals surface area (Å²) in [6.07, 6.45) is -3.99. The summed E-state index contributed by atoms with van der Waals surface area (Å²) in [5.74, 6) is -1.46. The number of rotatable bonds is 4. The van der Waals surface area contributed by atoms with Crippen LogP contribution >= 0.6 is 11.3 Å². The smallest absolute Gasteiger partial charge is 0.416 e. The van der Waals surface area contributed by atoms with Gasteiger partial charge in [-0.15, -0.1) is 11.3 Å². The molecule has 2 aliphatic rings. The molecule has 8 heteroatoms. The van der Waals surface area contributed by atoms with Crippen molar-refractivity contribution in [2.75, 3.05) is 0 Å². The van der Waals surface area contributed by atoms with Crippen LogP contribution in [0.4, 0.5) is 13.2 Å². The van der Waals surface area contributed by atoms with E-state index in [1.54, 1.807) is 32.1 Å². The zero-order valence-corrected chi connectivity index (χ0v) is 19.3. The Labute approximate surface area is 194 Å². The number of hydrogen-bond acceptors (Lipinski definition) is 5. The minimum atomic E-state index is -4.48. The molecule has 0 amide bonds. The molecular formula is C25H24F3NO3S. The second-order valence-corrected chi connectivity index (χ2v) is 9.59. The monoisotopic (exact) mass is 475 g/mol. The van der Waals surface area contributed by atoms with Crippen molar-refractivity contribution >= 4 is 23.1 Å². The van der Waals surface area contributed by atoms with Crippen molar-refractivity contribution < 1.29 is 27.5 Å². The van der Waals surface area contributed by atoms with Crippen LogP contribution < -0.4 is 5.32 Å². The first kappa shape index (κ1) is 23.3. The molecule has 0 unspecified atom stereocenters. The van der Waals surface area contributed by atoms with Crippen LogP contribution in [0.2, 0.25) is 0 Å². The zero-order valence-electron chi connectivity index (χ0n) is 18.5. The highest BCUT2D eigenvalue weighted by Crippen LogP contribution is 2.46. The van der Waals surface area contributed by atoms with Gasteiger partial charge in [-0.3, -0.25) is 4.79 Å². The van der Waals surface area contributed by atoms with Crippen molar-refractivity contribution in [1.29, 1.82) is 0 Å². The molecule has 4 nitrogen and oxygen atoms in total. The standard InChI is InChI=1S/C25H24F3NO3S/c1-13(2)32-24(31)21-14(3)29-18-11-16(20-5-4-10-33-20)12-19(30)23(18)22(21)15-6-8-17(9-7-15)25(26,27)28/h4-10,13,16,22,29H,11-12H2,1-3H3/t16-,22+/m1/s1. The molecule has 0 radical (unpaired) electrons. The molecule has 174 valence electrons. The lowest BCUT2D eigenvalue weighted by Gasteiger charge is -2.36. The third-order valence-electron chi connectivity index (χ3n) is 5.91. The van der Waals surface area contributed by atoms with Crippen LogP contribution in [0.5, 0.6) is 0 Å². The number of ketones is 1. The van der Waals surface area contributed by atoms with Gasteiger partial charge < -0.3 is 10.1 Å². The Bertz CT molecular complexity index is 1130. The van der Waals surface area contributed by atoms with E-state index in [4.69, 9.17) is 4.74 Å². The van der Waals surface area contributed by atoms with Gasteiger partial charge >= 0.3 is 12.1 Å². The van der Waals surface area contributed by atoms with E-state index in [1.165, 1.54) is 12.1 Å². The van der Waals surface area contributed by atoms with Crippen molar-refractivity contribution in [3.63, 3.8) is 0 Å². The Morgan fingerprint density at radius 1 is 1.15 bits per heavy atom. The summed E-state index contributed by atoms with van der Waals surface area (Å²) >= 11 is 1.59. The molecule has 0 saturated heterocycles. The minimum Gasteiger partial charge on any atom is -0.460 e. The molecule has 0 saturated carbocycles. The molecule has 2 atom stereocenters. The van der Waals surface area contributed by atoms with Crippen molar-refractivity contribution in [3.05, 3.63) is 80.3 Å². The number of ether oxygens (including phenoxy) is 1. The van der Waals surface area contributed by atoms with E-state index in [1.807, 2.05) is 17.5 Å². The second kappa shape index (κ2) is 8.82. The summed E-state index contributed by atoms with van der Waals surface area (Å²) in [5, 5.41) is 5.21. The zero-order chi connectivity index (χ0) is 23.9. The number of alkyl halides is 3. The molecule has 4 rings (SSSR count). The Balaban J connectivity index is 1.80. The molecule has 1 aliphatic heterocycles. The topological polar surface area (TPSA) is 55.4 Å². The summed E-state index contributed by atoms with van der Waals surface area (Å²) in [4.78, 5) is 27.5. The Morgan fingerprint density at radius 3 is 2.42 bits per heavy atom. The number of carbonyl (C=O) groups is 2. The van der Waals surface area contributed by atoms with E-state index in [2.05, 4.69) is 5.32 Å². The maximum absolute atomic E-state index is 13.4. The van der Waals surface area contributed by atoms with Crippen molar-refractivity contribution in [2.45, 2.75) is 57.7 Å². The second-order valence-electron chi connectivity index (χ2n) is 8.61. The first-order valence-corrected chi connectivity index (χ1v) is 11.6. The molecule has 1 aromatic heterocycles. The predicted molar refractivity (Wildman–Crippen MR) is 120 cm³/mol. The van der Waals surface area contributed by atoms with E-state index in [0.717, 1.165) is 17.0 Å². The van der Waals surface area contributed by atoms with Crippen LogP contribution in [0.3, 0.4) is 0 Å². The third kappa shape index (κ3) is 4.62. The van der Waals surface area contributed by atoms with Gasteiger partial charge in [0.25, 0.3) is 0 Å². The van der Waals surface area contributed by atoms with Crippen LogP contribution in [-0.2, 0) is 20.5 Å². The Kier molecular flexibility index (Phi) is 6.22. The summed E-state index contributed by atoms with van der Waals surface area (Å²) in [5.41, 5.74) is 1.62. The van der Waals surface area contributed by atoms with Gasteiger partial charge in [0, 0.05) is 40.1 Å². The number of dihydropyridines is 1. The number of allylic oxidation sites excluding steroid dienone is 3. The van der Waals surface area contributed by atoms with Crippen LogP contribution in [-0.4, -0.2) is 17.9 Å². The highest BCUT2D eigenvalue weighted by Gasteiger charge is 2.42. The number of carbonyl (C=O) groups excluding carboxylic acids is 2. The average Bonchev–Trinajstić information content (AvgIpc) is 3.26. The minimum absolute atomic E-state index is 0.0222. The SMILES string of the molecule is CC1=C(C(=O)OC(C)C)[C@H](c2ccc(C(F)(F)F)cc2)C2=C(C[C@@H](c3cccs3)CC2=O)N1. The quantitative estimate of drug-likeness (QED) is 0.545. The Hall–Kier alpha value is -2.87. The summed E-state index contributed by atoms with van der Waals surface area (Å²) < 4.78 is 44.8. The fourth-order valence-electron chi connectivity index (χ4n) is 4.51. The number of hydrogen-bond donors (Lipinski definition) is 1. The lowest BCUT2D eigenvalue weighted by Crippen LogP contribution is -2.36. The third-order valence-corrected chi connectivity index (χ3v) is 6.94. The first-order valence-electron chi connectivity index (χ1n) is 10.7. The lowest BCUT2D eigenvalue weighted by molar-refractivity contribution is -0.143. The van der Waals surface area contributed by atoms with Gasteiger partial charge in [0.15, 0.2) is 5.78 Å². The van der Waals surface area contributed by atoms with E-state index < -0.39 is 23.6 Å². The van der Waals surface area contributed by atoms with Gasteiger partial charge in [-0.05, 0) is 56.3 Å². The van der Waals surface area contributed by atoms with Gasteiger partial charge in [0.1, 0.15) is 0 Å². The van der Waals surface area contributed by atoms with Gasteiger partial charge in [-0.1, -0.05) is 18.2 Å². The van der Waals surface area contributed by atoms with E-state index in [9.17, 15) is 22.8 Å². The van der Waals surface area contributed by atoms with Crippen LogP contribution in [0, 0.1) is 0 Å². The predicted octanol–water partition coefficient (Wildman–Crippen LogP) is 6.08. The maximum atomic E-state index is 13.4. The summed E-state index contributed by atoms with van der Waals surface area (Å²) in [6.45, 7) is 5.18. The molecule has 2 aromatic rings. The number of benzene rings is 1. The molecule has 0 spiro atoms. The van der Waals surface area contributed by atoms with Crippen LogP contribution in [0.1, 0.15) is 61.5 Å². The fraction of sp³-hybridized carbons (Fsp3) is 0.360. The van der Waals surface area contributed by atoms with E-state index >= 15 is 0 Å². The number of nitrogens with one attached hydrogen (secondary N) is 1. The first-order chi connectivity index (χ1) is 15.6. The molecule has 0 bridgehead atoms. The fourth-order valence-corrected chi connectivity index (χ4v) is 5.34. The van der Waals surface area contributed by atoms with Crippen LogP contribution in [0.25, 0.3) is 0 Å². The van der Waals surface area contributed by atoms with Crippen molar-refractivity contribution in [1.82, 2.24) is 5.32 Å². The molecule has 33 heavy (non-hydrogen) atoms. The molecule has 2 heterocycles. The van der Waals surface area contributed by atoms with Crippen molar-refractivity contribution in [2.24, 2.45) is 0 Å². The highest BCUT2D eigenvalue weighted by molar-refractivity contribution is 7.10. The maximum Gasteiger partial charge on any atom is 0.416 e. The molecule has 1 aliphatic carbocycles. The van der Waals surface area contributed by atoms with Gasteiger partial charge in [0.2, 0.25) is 0 Å². The highest BCUT2D eigenvalue weighted by atomic mass is 32.1. The van der Waals surface area contributed by atoms with Gasteiger partial charge in [-0.2, -0.15) is 13.2 Å². The van der Waals surface area contributed by atoms with Gasteiger partial charge in [0.05, 0.1) is 17.2 Å². The van der Waals surface area contributed by atoms with Crippen LogP contribution in [0.15, 0.2) is 64.3 Å². The number of thiophene rings is 1. The summed E-state index contributed by atoms with van der Waals surface area (Å²) in [6, 6.07) is 8.60. The van der Waals surface area contributed by atoms with Gasteiger partial charge in [-0.25, -0.2) is 4.79 Å². The van der Waals surface area contributed by atoms with E-state index in [0.29, 0.717) is 29.0 Å². The summed E-state index contributed by atoms with van der Waals surface area (Å²) in [7, 11) is 0. The molecule has 0 fully saturated rings. The largest absolute Gasteiger partial charge is 0.460 e. The lowest BCUT2D eigenvalue weighted by atomic mass is 9.72.